The topological polar surface area (TPSA) is 20.3 Å². The van der Waals surface area contributed by atoms with Gasteiger partial charge in [0.25, 0.3) is 5.91 Å². The molecule has 2 rings (SSSR count). The first-order valence-electron chi connectivity index (χ1n) is 6.94. The average Bonchev–Trinajstić information content (AvgIpc) is 2.69. The highest BCUT2D eigenvalue weighted by molar-refractivity contribution is 8.26. The summed E-state index contributed by atoms with van der Waals surface area (Å²) in [5.74, 6) is 0.0525. The third kappa shape index (κ3) is 3.70. The number of thiocarbonyl (C=S) groups is 1. The van der Waals surface area contributed by atoms with Crippen LogP contribution in [0.3, 0.4) is 0 Å². The van der Waals surface area contributed by atoms with Crippen LogP contribution in [0, 0.1) is 6.92 Å². The number of benzene rings is 1. The van der Waals surface area contributed by atoms with Crippen molar-refractivity contribution in [3.05, 3.63) is 40.3 Å². The molecular formula is C16H19NOS2. The van der Waals surface area contributed by atoms with E-state index in [1.807, 2.05) is 30.3 Å². The van der Waals surface area contributed by atoms with Crippen molar-refractivity contribution in [1.29, 1.82) is 0 Å². The monoisotopic (exact) mass is 305 g/mol. The highest BCUT2D eigenvalue weighted by atomic mass is 32.2. The van der Waals surface area contributed by atoms with Gasteiger partial charge < -0.3 is 0 Å². The van der Waals surface area contributed by atoms with Crippen molar-refractivity contribution in [2.24, 2.45) is 0 Å². The summed E-state index contributed by atoms with van der Waals surface area (Å²) >= 11 is 6.72. The molecule has 1 aromatic carbocycles. The van der Waals surface area contributed by atoms with E-state index >= 15 is 0 Å². The molecule has 1 aliphatic heterocycles. The van der Waals surface area contributed by atoms with Crippen molar-refractivity contribution in [2.45, 2.75) is 33.1 Å². The van der Waals surface area contributed by atoms with Gasteiger partial charge in [-0.05, 0) is 25.0 Å². The molecule has 0 radical (unpaired) electrons. The molecule has 2 nitrogen and oxygen atoms in total. The molecule has 0 unspecified atom stereocenters. The van der Waals surface area contributed by atoms with E-state index in [1.54, 1.807) is 4.90 Å². The molecule has 1 amide bonds. The van der Waals surface area contributed by atoms with Gasteiger partial charge in [-0.15, -0.1) is 0 Å². The van der Waals surface area contributed by atoms with Gasteiger partial charge in [0.15, 0.2) is 0 Å². The molecule has 1 aliphatic rings. The molecule has 1 saturated heterocycles. The lowest BCUT2D eigenvalue weighted by Crippen LogP contribution is -2.28. The summed E-state index contributed by atoms with van der Waals surface area (Å²) in [5, 5.41) is 0. The number of nitrogens with zero attached hydrogens (tertiary/aromatic N) is 1. The van der Waals surface area contributed by atoms with Gasteiger partial charge in [-0.25, -0.2) is 0 Å². The minimum atomic E-state index is 0.0525. The number of aryl methyl sites for hydroxylation is 1. The van der Waals surface area contributed by atoms with Gasteiger partial charge in [-0.3, -0.25) is 9.69 Å². The lowest BCUT2D eigenvalue weighted by Gasteiger charge is -2.13. The average molecular weight is 305 g/mol. The zero-order valence-electron chi connectivity index (χ0n) is 11.9. The van der Waals surface area contributed by atoms with Gasteiger partial charge in [-0.1, -0.05) is 73.6 Å². The first-order valence-corrected chi connectivity index (χ1v) is 8.16. The fourth-order valence-corrected chi connectivity index (χ4v) is 3.34. The molecular weight excluding hydrogens is 286 g/mol. The minimum Gasteiger partial charge on any atom is -0.293 e. The van der Waals surface area contributed by atoms with Crippen LogP contribution >= 0.6 is 24.0 Å². The summed E-state index contributed by atoms with van der Waals surface area (Å²) in [6, 6.07) is 8.15. The number of hydrogen-bond donors (Lipinski definition) is 0. The summed E-state index contributed by atoms with van der Waals surface area (Å²) in [5.41, 5.74) is 2.26. The number of carbonyl (C=O) groups excluding carboxylic acids is 1. The highest BCUT2D eigenvalue weighted by Gasteiger charge is 2.31. The molecule has 0 spiro atoms. The maximum Gasteiger partial charge on any atom is 0.266 e. The first kappa shape index (κ1) is 15.3. The lowest BCUT2D eigenvalue weighted by molar-refractivity contribution is -0.122. The van der Waals surface area contributed by atoms with Crippen LogP contribution in [0.5, 0.6) is 0 Å². The number of unbranched alkanes of at least 4 members (excludes halogenated alkanes) is 2. The van der Waals surface area contributed by atoms with Crippen molar-refractivity contribution in [3.8, 4) is 0 Å². The molecule has 0 bridgehead atoms. The Balaban J connectivity index is 2.09. The number of carbonyl (C=O) groups is 1. The fourth-order valence-electron chi connectivity index (χ4n) is 2.03. The SMILES string of the molecule is CCCCCN1C(=O)C(=Cc2ccc(C)cc2)SC1=S. The molecule has 4 heteroatoms. The molecule has 1 fully saturated rings. The third-order valence-electron chi connectivity index (χ3n) is 3.23. The number of rotatable bonds is 5. The van der Waals surface area contributed by atoms with Gasteiger partial charge >= 0.3 is 0 Å². The minimum absolute atomic E-state index is 0.0525. The van der Waals surface area contributed by atoms with E-state index in [2.05, 4.69) is 13.8 Å². The quantitative estimate of drug-likeness (QED) is 0.457. The van der Waals surface area contributed by atoms with Crippen LogP contribution in [0.25, 0.3) is 6.08 Å². The predicted octanol–water partition coefficient (Wildman–Crippen LogP) is 4.39. The normalized spacial score (nSPS) is 17.3. The predicted molar refractivity (Wildman–Crippen MR) is 90.6 cm³/mol. The van der Waals surface area contributed by atoms with E-state index in [0.29, 0.717) is 4.32 Å². The van der Waals surface area contributed by atoms with Crippen LogP contribution in [0.4, 0.5) is 0 Å². The van der Waals surface area contributed by atoms with Crippen LogP contribution in [-0.2, 0) is 4.79 Å². The second kappa shape index (κ2) is 7.04. The molecule has 0 N–H and O–H groups in total. The fraction of sp³-hybridized carbons (Fsp3) is 0.375. The second-order valence-electron chi connectivity index (χ2n) is 4.95. The second-order valence-corrected chi connectivity index (χ2v) is 6.63. The molecule has 0 aromatic heterocycles. The Morgan fingerprint density at radius 3 is 2.60 bits per heavy atom. The summed E-state index contributed by atoms with van der Waals surface area (Å²) in [6.45, 7) is 4.95. The molecule has 106 valence electrons. The Morgan fingerprint density at radius 2 is 1.95 bits per heavy atom. The van der Waals surface area contributed by atoms with Gasteiger partial charge in [0.1, 0.15) is 4.32 Å². The van der Waals surface area contributed by atoms with Gasteiger partial charge in [0.05, 0.1) is 4.91 Å². The smallest absolute Gasteiger partial charge is 0.266 e. The van der Waals surface area contributed by atoms with Crippen LogP contribution in [-0.4, -0.2) is 21.7 Å². The Kier molecular flexibility index (Phi) is 5.38. The van der Waals surface area contributed by atoms with E-state index in [0.717, 1.165) is 36.3 Å². The lowest BCUT2D eigenvalue weighted by atomic mass is 10.1. The Bertz CT molecular complexity index is 534. The molecule has 20 heavy (non-hydrogen) atoms. The van der Waals surface area contributed by atoms with Crippen molar-refractivity contribution in [1.82, 2.24) is 4.90 Å². The molecule has 0 atom stereocenters. The first-order chi connectivity index (χ1) is 9.61. The Labute approximate surface area is 130 Å². The zero-order valence-corrected chi connectivity index (χ0v) is 13.5. The zero-order chi connectivity index (χ0) is 14.5. The Morgan fingerprint density at radius 1 is 1.25 bits per heavy atom. The van der Waals surface area contributed by atoms with E-state index < -0.39 is 0 Å². The number of amides is 1. The van der Waals surface area contributed by atoms with Crippen LogP contribution in [0.15, 0.2) is 29.2 Å². The van der Waals surface area contributed by atoms with E-state index in [4.69, 9.17) is 12.2 Å². The van der Waals surface area contributed by atoms with Gasteiger partial charge in [0.2, 0.25) is 0 Å². The summed E-state index contributed by atoms with van der Waals surface area (Å²) < 4.78 is 0.685. The van der Waals surface area contributed by atoms with Crippen LogP contribution in [0.1, 0.15) is 37.3 Å². The van der Waals surface area contributed by atoms with E-state index in [9.17, 15) is 4.79 Å². The molecule has 0 saturated carbocycles. The van der Waals surface area contributed by atoms with E-state index in [-0.39, 0.29) is 5.91 Å². The maximum atomic E-state index is 12.3. The molecule has 1 heterocycles. The van der Waals surface area contributed by atoms with Crippen molar-refractivity contribution in [3.63, 3.8) is 0 Å². The molecule has 1 aromatic rings. The largest absolute Gasteiger partial charge is 0.293 e. The van der Waals surface area contributed by atoms with Crippen molar-refractivity contribution < 1.29 is 4.79 Å². The van der Waals surface area contributed by atoms with Crippen LogP contribution in [0.2, 0.25) is 0 Å². The summed E-state index contributed by atoms with van der Waals surface area (Å²) in [7, 11) is 0. The third-order valence-corrected chi connectivity index (χ3v) is 4.61. The highest BCUT2D eigenvalue weighted by Crippen LogP contribution is 2.32. The summed E-state index contributed by atoms with van der Waals surface area (Å²) in [6.07, 6.45) is 5.22. The standard InChI is InChI=1S/C16H19NOS2/c1-3-4-5-10-17-15(18)14(20-16(17)19)11-13-8-6-12(2)7-9-13/h6-9,11H,3-5,10H2,1-2H3. The Hall–Kier alpha value is -1.13. The maximum absolute atomic E-state index is 12.3. The summed E-state index contributed by atoms with van der Waals surface area (Å²) in [4.78, 5) is 14.8. The van der Waals surface area contributed by atoms with Crippen LogP contribution < -0.4 is 0 Å². The van der Waals surface area contributed by atoms with Crippen molar-refractivity contribution >= 4 is 40.3 Å². The van der Waals surface area contributed by atoms with Crippen molar-refractivity contribution in [2.75, 3.05) is 6.54 Å². The molecule has 0 aliphatic carbocycles. The van der Waals surface area contributed by atoms with E-state index in [1.165, 1.54) is 17.3 Å². The number of hydrogen-bond acceptors (Lipinski definition) is 3. The van der Waals surface area contributed by atoms with Gasteiger partial charge in [0, 0.05) is 6.54 Å². The van der Waals surface area contributed by atoms with Gasteiger partial charge in [-0.2, -0.15) is 0 Å². The number of thioether (sulfide) groups is 1.